The first kappa shape index (κ1) is 12.2. The Hall–Kier alpha value is -1.84. The van der Waals surface area contributed by atoms with Crippen LogP contribution in [0.4, 0.5) is 0 Å². The standard InChI is InChI=1S/C15H17NO3/c17-14-8-12(15(18)19)9-16(14)13-6-5-10-3-1-2-4-11(10)7-13/h1-4,12-13H,5-9H2,(H,18,19). The van der Waals surface area contributed by atoms with E-state index in [9.17, 15) is 9.59 Å². The van der Waals surface area contributed by atoms with Gasteiger partial charge in [-0.2, -0.15) is 0 Å². The number of carboxylic acids is 1. The molecule has 1 saturated heterocycles. The summed E-state index contributed by atoms with van der Waals surface area (Å²) < 4.78 is 0. The highest BCUT2D eigenvalue weighted by molar-refractivity contribution is 5.86. The molecule has 2 unspecified atom stereocenters. The number of carboxylic acid groups (broad SMARTS) is 1. The second kappa shape index (κ2) is 4.68. The van der Waals surface area contributed by atoms with Crippen molar-refractivity contribution in [3.8, 4) is 0 Å². The number of benzene rings is 1. The van der Waals surface area contributed by atoms with Gasteiger partial charge < -0.3 is 10.0 Å². The lowest BCUT2D eigenvalue weighted by Gasteiger charge is -2.32. The summed E-state index contributed by atoms with van der Waals surface area (Å²) in [4.78, 5) is 24.7. The molecule has 4 nitrogen and oxygen atoms in total. The minimum absolute atomic E-state index is 0.00298. The highest BCUT2D eigenvalue weighted by Gasteiger charge is 2.38. The third-order valence-electron chi connectivity index (χ3n) is 4.27. The summed E-state index contributed by atoms with van der Waals surface area (Å²) in [5.74, 6) is -1.38. The van der Waals surface area contributed by atoms with E-state index in [2.05, 4.69) is 12.1 Å². The SMILES string of the molecule is O=C(O)C1CC(=O)N(C2CCc3ccccc3C2)C1. The van der Waals surface area contributed by atoms with Gasteiger partial charge in [0.1, 0.15) is 0 Å². The Morgan fingerprint density at radius 3 is 2.63 bits per heavy atom. The number of amides is 1. The van der Waals surface area contributed by atoms with E-state index in [0.717, 1.165) is 19.3 Å². The van der Waals surface area contributed by atoms with Crippen molar-refractivity contribution >= 4 is 11.9 Å². The van der Waals surface area contributed by atoms with Crippen LogP contribution >= 0.6 is 0 Å². The van der Waals surface area contributed by atoms with Gasteiger partial charge in [0.25, 0.3) is 0 Å². The van der Waals surface area contributed by atoms with Gasteiger partial charge in [-0.1, -0.05) is 24.3 Å². The quantitative estimate of drug-likeness (QED) is 0.875. The number of fused-ring (bicyclic) bond motifs is 1. The molecule has 1 aliphatic carbocycles. The number of carbonyl (C=O) groups excluding carboxylic acids is 1. The molecule has 1 aliphatic heterocycles. The number of rotatable bonds is 2. The van der Waals surface area contributed by atoms with E-state index < -0.39 is 11.9 Å². The second-order valence-corrected chi connectivity index (χ2v) is 5.45. The first-order valence-electron chi connectivity index (χ1n) is 6.74. The summed E-state index contributed by atoms with van der Waals surface area (Å²) in [6.07, 6.45) is 2.93. The summed E-state index contributed by atoms with van der Waals surface area (Å²) in [7, 11) is 0. The molecule has 100 valence electrons. The minimum atomic E-state index is -0.855. The van der Waals surface area contributed by atoms with Crippen LogP contribution in [-0.2, 0) is 22.4 Å². The number of nitrogens with zero attached hydrogens (tertiary/aromatic N) is 1. The molecule has 1 fully saturated rings. The van der Waals surface area contributed by atoms with Gasteiger partial charge in [0, 0.05) is 19.0 Å². The Morgan fingerprint density at radius 1 is 1.21 bits per heavy atom. The predicted octanol–water partition coefficient (Wildman–Crippen LogP) is 1.48. The average molecular weight is 259 g/mol. The van der Waals surface area contributed by atoms with Crippen LogP contribution in [0.1, 0.15) is 24.0 Å². The monoisotopic (exact) mass is 259 g/mol. The zero-order valence-corrected chi connectivity index (χ0v) is 10.7. The van der Waals surface area contributed by atoms with E-state index >= 15 is 0 Å². The van der Waals surface area contributed by atoms with Gasteiger partial charge in [-0.05, 0) is 30.4 Å². The van der Waals surface area contributed by atoms with Crippen LogP contribution in [0, 0.1) is 5.92 Å². The van der Waals surface area contributed by atoms with E-state index in [0.29, 0.717) is 6.54 Å². The molecule has 0 spiro atoms. The lowest BCUT2D eigenvalue weighted by Crippen LogP contribution is -2.40. The summed E-state index contributed by atoms with van der Waals surface area (Å²) in [5, 5.41) is 9.03. The maximum absolute atomic E-state index is 12.0. The molecule has 0 bridgehead atoms. The van der Waals surface area contributed by atoms with Crippen LogP contribution in [0.2, 0.25) is 0 Å². The second-order valence-electron chi connectivity index (χ2n) is 5.45. The van der Waals surface area contributed by atoms with Crippen molar-refractivity contribution in [2.75, 3.05) is 6.54 Å². The summed E-state index contributed by atoms with van der Waals surface area (Å²) in [5.41, 5.74) is 2.66. The van der Waals surface area contributed by atoms with Crippen molar-refractivity contribution in [2.45, 2.75) is 31.7 Å². The highest BCUT2D eigenvalue weighted by Crippen LogP contribution is 2.29. The molecule has 0 saturated carbocycles. The van der Waals surface area contributed by atoms with Gasteiger partial charge in [0.05, 0.1) is 5.92 Å². The zero-order chi connectivity index (χ0) is 13.4. The molecule has 1 N–H and O–H groups in total. The van der Waals surface area contributed by atoms with Crippen LogP contribution in [-0.4, -0.2) is 34.5 Å². The van der Waals surface area contributed by atoms with E-state index in [4.69, 9.17) is 5.11 Å². The van der Waals surface area contributed by atoms with Crippen LogP contribution in [0.3, 0.4) is 0 Å². The topological polar surface area (TPSA) is 57.6 Å². The van der Waals surface area contributed by atoms with Crippen LogP contribution in [0.5, 0.6) is 0 Å². The van der Waals surface area contributed by atoms with E-state index in [1.54, 1.807) is 4.90 Å². The minimum Gasteiger partial charge on any atom is -0.481 e. The maximum Gasteiger partial charge on any atom is 0.308 e. The van der Waals surface area contributed by atoms with Gasteiger partial charge in [-0.25, -0.2) is 0 Å². The van der Waals surface area contributed by atoms with Crippen molar-refractivity contribution in [3.63, 3.8) is 0 Å². The summed E-state index contributed by atoms with van der Waals surface area (Å²) in [6.45, 7) is 0.376. The molecular formula is C15H17NO3. The summed E-state index contributed by atoms with van der Waals surface area (Å²) in [6, 6.07) is 8.48. The Balaban J connectivity index is 1.75. The molecular weight excluding hydrogens is 242 g/mol. The number of hydrogen-bond acceptors (Lipinski definition) is 2. The summed E-state index contributed by atoms with van der Waals surface area (Å²) >= 11 is 0. The maximum atomic E-state index is 12.0. The number of aryl methyl sites for hydroxylation is 1. The van der Waals surface area contributed by atoms with Crippen molar-refractivity contribution in [1.29, 1.82) is 0 Å². The highest BCUT2D eigenvalue weighted by atomic mass is 16.4. The Kier molecular flexibility index (Phi) is 3.01. The number of aliphatic carboxylic acids is 1. The molecule has 1 amide bonds. The van der Waals surface area contributed by atoms with Crippen LogP contribution in [0.25, 0.3) is 0 Å². The smallest absolute Gasteiger partial charge is 0.308 e. The normalized spacial score (nSPS) is 26.3. The Labute approximate surface area is 112 Å². The van der Waals surface area contributed by atoms with E-state index in [1.165, 1.54) is 11.1 Å². The molecule has 1 aromatic rings. The first-order valence-corrected chi connectivity index (χ1v) is 6.74. The van der Waals surface area contributed by atoms with Crippen molar-refractivity contribution in [2.24, 2.45) is 5.92 Å². The van der Waals surface area contributed by atoms with E-state index in [-0.39, 0.29) is 18.4 Å². The molecule has 2 aliphatic rings. The molecule has 2 atom stereocenters. The lowest BCUT2D eigenvalue weighted by atomic mass is 9.87. The van der Waals surface area contributed by atoms with Gasteiger partial charge in [-0.15, -0.1) is 0 Å². The van der Waals surface area contributed by atoms with Crippen LogP contribution in [0.15, 0.2) is 24.3 Å². The Morgan fingerprint density at radius 2 is 1.95 bits per heavy atom. The molecule has 1 heterocycles. The molecule has 4 heteroatoms. The number of carbonyl (C=O) groups is 2. The fourth-order valence-corrected chi connectivity index (χ4v) is 3.19. The molecule has 0 aromatic heterocycles. The van der Waals surface area contributed by atoms with Crippen molar-refractivity contribution in [1.82, 2.24) is 4.90 Å². The number of hydrogen-bond donors (Lipinski definition) is 1. The lowest BCUT2D eigenvalue weighted by molar-refractivity contribution is -0.141. The van der Waals surface area contributed by atoms with Gasteiger partial charge in [-0.3, -0.25) is 9.59 Å². The van der Waals surface area contributed by atoms with Gasteiger partial charge in [0.2, 0.25) is 5.91 Å². The fourth-order valence-electron chi connectivity index (χ4n) is 3.19. The Bertz CT molecular complexity index is 526. The average Bonchev–Trinajstić information content (AvgIpc) is 2.80. The zero-order valence-electron chi connectivity index (χ0n) is 10.7. The molecule has 19 heavy (non-hydrogen) atoms. The first-order chi connectivity index (χ1) is 9.15. The fraction of sp³-hybridized carbons (Fsp3) is 0.467. The van der Waals surface area contributed by atoms with Crippen LogP contribution < -0.4 is 0 Å². The molecule has 0 radical (unpaired) electrons. The molecule has 3 rings (SSSR count). The third-order valence-corrected chi connectivity index (χ3v) is 4.27. The largest absolute Gasteiger partial charge is 0.481 e. The number of likely N-dealkylation sites (tertiary alicyclic amines) is 1. The predicted molar refractivity (Wildman–Crippen MR) is 69.7 cm³/mol. The van der Waals surface area contributed by atoms with Gasteiger partial charge in [0.15, 0.2) is 0 Å². The van der Waals surface area contributed by atoms with Crippen molar-refractivity contribution in [3.05, 3.63) is 35.4 Å². The van der Waals surface area contributed by atoms with Gasteiger partial charge >= 0.3 is 5.97 Å². The van der Waals surface area contributed by atoms with E-state index in [1.807, 2.05) is 12.1 Å². The van der Waals surface area contributed by atoms with Crippen molar-refractivity contribution < 1.29 is 14.7 Å². The molecule has 1 aromatic carbocycles. The third kappa shape index (κ3) is 2.23.